The molecular formula is C16H27N3O. The van der Waals surface area contributed by atoms with E-state index in [-0.39, 0.29) is 6.10 Å². The third-order valence-corrected chi connectivity index (χ3v) is 5.27. The van der Waals surface area contributed by atoms with Gasteiger partial charge in [-0.2, -0.15) is 5.10 Å². The highest BCUT2D eigenvalue weighted by Crippen LogP contribution is 2.34. The van der Waals surface area contributed by atoms with E-state index in [9.17, 15) is 5.11 Å². The molecule has 3 rings (SSSR count). The molecule has 1 aliphatic heterocycles. The molecule has 1 aromatic rings. The van der Waals surface area contributed by atoms with Gasteiger partial charge in [-0.1, -0.05) is 12.8 Å². The normalized spacial score (nSPS) is 31.8. The van der Waals surface area contributed by atoms with Crippen molar-refractivity contribution < 1.29 is 5.11 Å². The van der Waals surface area contributed by atoms with E-state index < -0.39 is 0 Å². The number of nitrogens with zero attached hydrogens (tertiary/aromatic N) is 3. The lowest BCUT2D eigenvalue weighted by molar-refractivity contribution is 0.0224. The molecule has 4 nitrogen and oxygen atoms in total. The molecule has 2 fully saturated rings. The number of aromatic nitrogens is 2. The predicted octanol–water partition coefficient (Wildman–Crippen LogP) is 1.98. The second-order valence-corrected chi connectivity index (χ2v) is 6.46. The molecule has 20 heavy (non-hydrogen) atoms. The van der Waals surface area contributed by atoms with Gasteiger partial charge in [0.1, 0.15) is 0 Å². The lowest BCUT2D eigenvalue weighted by atomic mass is 9.80. The quantitative estimate of drug-likeness (QED) is 0.915. The van der Waals surface area contributed by atoms with Gasteiger partial charge in [0, 0.05) is 43.9 Å². The van der Waals surface area contributed by atoms with Crippen molar-refractivity contribution in [1.82, 2.24) is 14.7 Å². The topological polar surface area (TPSA) is 41.3 Å². The van der Waals surface area contributed by atoms with Crippen LogP contribution in [-0.2, 0) is 13.5 Å². The highest BCUT2D eigenvalue weighted by molar-refractivity contribution is 5.01. The molecule has 3 atom stereocenters. The Balaban J connectivity index is 1.59. The maximum atomic E-state index is 10.3. The Bertz CT molecular complexity index is 431. The Morgan fingerprint density at radius 3 is 2.85 bits per heavy atom. The standard InChI is InChI=1S/C16H27N3O/c1-18-13(8-10-17-18)9-12-19-11-4-6-15(19)14-5-2-3-7-16(14)20/h8,10,14-16,20H,2-7,9,11-12H2,1H3. The van der Waals surface area contributed by atoms with E-state index in [1.54, 1.807) is 0 Å². The van der Waals surface area contributed by atoms with Gasteiger partial charge in [0.2, 0.25) is 0 Å². The zero-order valence-electron chi connectivity index (χ0n) is 12.5. The average Bonchev–Trinajstić information content (AvgIpc) is 3.06. The summed E-state index contributed by atoms with van der Waals surface area (Å²) in [6.45, 7) is 2.30. The molecule has 1 aliphatic carbocycles. The number of aliphatic hydroxyl groups is 1. The monoisotopic (exact) mass is 277 g/mol. The number of hydrogen-bond donors (Lipinski definition) is 1. The number of rotatable bonds is 4. The molecule has 2 aliphatic rings. The minimum Gasteiger partial charge on any atom is -0.393 e. The second-order valence-electron chi connectivity index (χ2n) is 6.46. The molecule has 2 heterocycles. The van der Waals surface area contributed by atoms with Gasteiger partial charge in [0.25, 0.3) is 0 Å². The second kappa shape index (κ2) is 6.27. The Hall–Kier alpha value is -0.870. The molecule has 1 saturated heterocycles. The fraction of sp³-hybridized carbons (Fsp3) is 0.812. The van der Waals surface area contributed by atoms with E-state index in [0.29, 0.717) is 12.0 Å². The van der Waals surface area contributed by atoms with E-state index in [1.165, 1.54) is 44.3 Å². The summed E-state index contributed by atoms with van der Waals surface area (Å²) in [7, 11) is 2.02. The van der Waals surface area contributed by atoms with Gasteiger partial charge in [-0.3, -0.25) is 9.58 Å². The van der Waals surface area contributed by atoms with Crippen LogP contribution in [0.1, 0.15) is 44.2 Å². The zero-order valence-corrected chi connectivity index (χ0v) is 12.5. The van der Waals surface area contributed by atoms with Crippen molar-refractivity contribution >= 4 is 0 Å². The van der Waals surface area contributed by atoms with Crippen LogP contribution in [0.2, 0.25) is 0 Å². The van der Waals surface area contributed by atoms with Crippen LogP contribution in [0.25, 0.3) is 0 Å². The molecule has 1 N–H and O–H groups in total. The summed E-state index contributed by atoms with van der Waals surface area (Å²) in [6, 6.07) is 2.72. The predicted molar refractivity (Wildman–Crippen MR) is 79.5 cm³/mol. The molecule has 0 spiro atoms. The van der Waals surface area contributed by atoms with Crippen molar-refractivity contribution in [2.75, 3.05) is 13.1 Å². The molecule has 3 unspecified atom stereocenters. The van der Waals surface area contributed by atoms with Crippen molar-refractivity contribution in [2.45, 2.75) is 57.1 Å². The summed E-state index contributed by atoms with van der Waals surface area (Å²) in [6.07, 6.45) is 10.2. The molecule has 0 amide bonds. The first-order valence-corrected chi connectivity index (χ1v) is 8.14. The highest BCUT2D eigenvalue weighted by atomic mass is 16.3. The first-order valence-electron chi connectivity index (χ1n) is 8.14. The van der Waals surface area contributed by atoms with Gasteiger partial charge < -0.3 is 5.11 Å². The van der Waals surface area contributed by atoms with Crippen molar-refractivity contribution in [3.63, 3.8) is 0 Å². The van der Waals surface area contributed by atoms with Crippen molar-refractivity contribution in [3.8, 4) is 0 Å². The van der Waals surface area contributed by atoms with Crippen LogP contribution in [0.5, 0.6) is 0 Å². The molecule has 4 heteroatoms. The number of likely N-dealkylation sites (tertiary alicyclic amines) is 1. The smallest absolute Gasteiger partial charge is 0.0583 e. The van der Waals surface area contributed by atoms with Gasteiger partial charge >= 0.3 is 0 Å². The van der Waals surface area contributed by atoms with Gasteiger partial charge in [0.15, 0.2) is 0 Å². The van der Waals surface area contributed by atoms with Crippen molar-refractivity contribution in [2.24, 2.45) is 13.0 Å². The number of hydrogen-bond acceptors (Lipinski definition) is 3. The Kier molecular flexibility index (Phi) is 4.41. The first-order chi connectivity index (χ1) is 9.75. The molecule has 0 radical (unpaired) electrons. The van der Waals surface area contributed by atoms with E-state index in [1.807, 2.05) is 17.9 Å². The molecule has 112 valence electrons. The van der Waals surface area contributed by atoms with Crippen LogP contribution in [0.3, 0.4) is 0 Å². The average molecular weight is 277 g/mol. The van der Waals surface area contributed by atoms with Crippen LogP contribution in [0.4, 0.5) is 0 Å². The molecule has 1 aromatic heterocycles. The van der Waals surface area contributed by atoms with Crippen molar-refractivity contribution in [3.05, 3.63) is 18.0 Å². The summed E-state index contributed by atoms with van der Waals surface area (Å²) in [5.41, 5.74) is 1.31. The summed E-state index contributed by atoms with van der Waals surface area (Å²) >= 11 is 0. The first kappa shape index (κ1) is 14.1. The summed E-state index contributed by atoms with van der Waals surface area (Å²) < 4.78 is 1.97. The van der Waals surface area contributed by atoms with Gasteiger partial charge in [-0.15, -0.1) is 0 Å². The molecule has 0 bridgehead atoms. The fourth-order valence-electron chi connectivity index (χ4n) is 4.11. The SMILES string of the molecule is Cn1nccc1CCN1CCCC1C1CCCCC1O. The Labute approximate surface area is 121 Å². The van der Waals surface area contributed by atoms with E-state index in [4.69, 9.17) is 0 Å². The largest absolute Gasteiger partial charge is 0.393 e. The molecular weight excluding hydrogens is 250 g/mol. The van der Waals surface area contributed by atoms with Crippen LogP contribution in [-0.4, -0.2) is 45.0 Å². The van der Waals surface area contributed by atoms with Crippen LogP contribution in [0, 0.1) is 5.92 Å². The third kappa shape index (κ3) is 2.91. The van der Waals surface area contributed by atoms with Crippen LogP contribution < -0.4 is 0 Å². The molecule has 1 saturated carbocycles. The van der Waals surface area contributed by atoms with Crippen LogP contribution >= 0.6 is 0 Å². The van der Waals surface area contributed by atoms with E-state index >= 15 is 0 Å². The maximum Gasteiger partial charge on any atom is 0.0583 e. The van der Waals surface area contributed by atoms with Crippen molar-refractivity contribution in [1.29, 1.82) is 0 Å². The summed E-state index contributed by atoms with van der Waals surface area (Å²) in [5, 5.41) is 14.5. The highest BCUT2D eigenvalue weighted by Gasteiger charge is 2.36. The van der Waals surface area contributed by atoms with Gasteiger partial charge in [-0.05, 0) is 38.3 Å². The van der Waals surface area contributed by atoms with Gasteiger partial charge in [-0.25, -0.2) is 0 Å². The summed E-state index contributed by atoms with van der Waals surface area (Å²) in [5.74, 6) is 0.512. The lowest BCUT2D eigenvalue weighted by Crippen LogP contribution is -2.43. The van der Waals surface area contributed by atoms with E-state index in [0.717, 1.165) is 19.4 Å². The molecule has 0 aromatic carbocycles. The fourth-order valence-corrected chi connectivity index (χ4v) is 4.11. The minimum atomic E-state index is -0.0638. The third-order valence-electron chi connectivity index (χ3n) is 5.27. The number of aliphatic hydroxyl groups excluding tert-OH is 1. The Morgan fingerprint density at radius 2 is 2.10 bits per heavy atom. The number of aryl methyl sites for hydroxylation is 1. The van der Waals surface area contributed by atoms with E-state index in [2.05, 4.69) is 16.1 Å². The van der Waals surface area contributed by atoms with Crippen LogP contribution in [0.15, 0.2) is 12.3 Å². The van der Waals surface area contributed by atoms with Gasteiger partial charge in [0.05, 0.1) is 6.10 Å². The summed E-state index contributed by atoms with van der Waals surface area (Å²) in [4.78, 5) is 2.62. The minimum absolute atomic E-state index is 0.0638. The lowest BCUT2D eigenvalue weighted by Gasteiger charge is -2.37. The Morgan fingerprint density at radius 1 is 1.25 bits per heavy atom. The zero-order chi connectivity index (χ0) is 13.9. The maximum absolute atomic E-state index is 10.3.